The average Bonchev–Trinajstić information content (AvgIpc) is 3.21. The maximum atomic E-state index is 13.6. The molecule has 0 radical (unpaired) electrons. The number of benzene rings is 6. The van der Waals surface area contributed by atoms with E-state index in [2.05, 4.69) is 13.8 Å². The molecule has 6 aromatic rings. The molecule has 10 nitrogen and oxygen atoms in total. The first-order valence-corrected chi connectivity index (χ1v) is 18.4. The van der Waals surface area contributed by atoms with Gasteiger partial charge in [-0.3, -0.25) is 9.59 Å². The van der Waals surface area contributed by atoms with Gasteiger partial charge in [0.05, 0.1) is 18.2 Å². The van der Waals surface area contributed by atoms with Crippen LogP contribution in [0.5, 0.6) is 34.5 Å². The maximum absolute atomic E-state index is 13.6. The first kappa shape index (κ1) is 50.9. The Bertz CT molecular complexity index is 2430. The highest BCUT2D eigenvalue weighted by Gasteiger charge is 2.27. The van der Waals surface area contributed by atoms with Gasteiger partial charge in [-0.25, -0.2) is 9.59 Å². The number of esters is 2. The average molecular weight is 843 g/mol. The highest BCUT2D eigenvalue weighted by molar-refractivity contribution is 6.10. The van der Waals surface area contributed by atoms with E-state index in [1.165, 1.54) is 37.3 Å². The summed E-state index contributed by atoms with van der Waals surface area (Å²) in [5.41, 5.74) is 3.39. The van der Waals surface area contributed by atoms with Crippen LogP contribution in [0.25, 0.3) is 0 Å². The van der Waals surface area contributed by atoms with Crippen LogP contribution in [0, 0.1) is 0 Å². The predicted octanol–water partition coefficient (Wildman–Crippen LogP) is 12.6. The van der Waals surface area contributed by atoms with Crippen molar-refractivity contribution in [1.82, 2.24) is 0 Å². The molecule has 0 amide bonds. The number of aromatic hydroxyl groups is 1. The van der Waals surface area contributed by atoms with Crippen LogP contribution in [0.4, 0.5) is 4.79 Å². The molecule has 0 unspecified atom stereocenters. The Balaban J connectivity index is 0.00000331. The molecule has 326 valence electrons. The second-order valence-corrected chi connectivity index (χ2v) is 14.6. The van der Waals surface area contributed by atoms with Gasteiger partial charge in [-0.15, -0.1) is 0 Å². The van der Waals surface area contributed by atoms with Gasteiger partial charge in [0.15, 0.2) is 5.78 Å². The zero-order valence-electron chi connectivity index (χ0n) is 32.9. The van der Waals surface area contributed by atoms with Crippen LogP contribution in [0.15, 0.2) is 140 Å². The van der Waals surface area contributed by atoms with Crippen LogP contribution in [0.2, 0.25) is 0 Å². The lowest BCUT2D eigenvalue weighted by Crippen LogP contribution is -2.19. The molecule has 0 atom stereocenters. The van der Waals surface area contributed by atoms with Crippen molar-refractivity contribution >= 4 is 23.9 Å². The summed E-state index contributed by atoms with van der Waals surface area (Å²) in [4.78, 5) is 50.2. The second-order valence-electron chi connectivity index (χ2n) is 14.6. The first-order valence-electron chi connectivity index (χ1n) is 18.4. The summed E-state index contributed by atoms with van der Waals surface area (Å²) in [6.45, 7) is 9.44. The van der Waals surface area contributed by atoms with E-state index in [1.807, 2.05) is 50.2 Å². The fourth-order valence-electron chi connectivity index (χ4n) is 6.36. The van der Waals surface area contributed by atoms with Gasteiger partial charge >= 0.3 is 18.1 Å². The molecule has 0 fully saturated rings. The minimum Gasteiger partial charge on any atom is -0.507 e. The highest BCUT2D eigenvalue weighted by atomic mass is 16.7. The van der Waals surface area contributed by atoms with Crippen LogP contribution in [0.3, 0.4) is 0 Å². The standard InChI is InChI=1S/C48H42O10.4CH4/c1-30(49)55-38-22-11-33(12-23-38)47(2,3)34-15-26-41(27-16-34)58-46(53)57-40-20-7-31(8-21-40)44(51)42-29-36(17-28-43(42)50)48(4,5)35-13-24-39(25-14-35)56-45(52)32-9-18-37(54-6)19-10-32;;;;/h7-29,50H,1-6H3;4*1H4. The monoisotopic (exact) mass is 842 g/mol. The van der Waals surface area contributed by atoms with E-state index >= 15 is 0 Å². The first-order chi connectivity index (χ1) is 27.6. The van der Waals surface area contributed by atoms with Crippen molar-refractivity contribution < 1.29 is 48.0 Å². The summed E-state index contributed by atoms with van der Waals surface area (Å²) in [5.74, 6) is 0.431. The van der Waals surface area contributed by atoms with Gasteiger partial charge in [0.1, 0.15) is 34.5 Å². The summed E-state index contributed by atoms with van der Waals surface area (Å²) < 4.78 is 26.6. The molecule has 0 heterocycles. The number of rotatable bonds is 12. The highest BCUT2D eigenvalue weighted by Crippen LogP contribution is 2.36. The van der Waals surface area contributed by atoms with Crippen molar-refractivity contribution in [2.45, 2.75) is 75.2 Å². The predicted molar refractivity (Wildman–Crippen MR) is 244 cm³/mol. The number of carbonyl (C=O) groups is 4. The number of ketones is 1. The van der Waals surface area contributed by atoms with Gasteiger partial charge in [-0.2, -0.15) is 0 Å². The van der Waals surface area contributed by atoms with Crippen LogP contribution in [0.1, 0.15) is 113 Å². The lowest BCUT2D eigenvalue weighted by molar-refractivity contribution is -0.131. The molecule has 1 N–H and O–H groups in total. The molecule has 10 heteroatoms. The van der Waals surface area contributed by atoms with Gasteiger partial charge in [0.2, 0.25) is 0 Å². The second kappa shape index (κ2) is 21.4. The summed E-state index contributed by atoms with van der Waals surface area (Å²) in [7, 11) is 1.55. The minimum absolute atomic E-state index is 0. The zero-order chi connectivity index (χ0) is 41.6. The Morgan fingerprint density at radius 1 is 0.452 bits per heavy atom. The van der Waals surface area contributed by atoms with Crippen molar-refractivity contribution in [3.8, 4) is 34.5 Å². The minimum atomic E-state index is -0.955. The lowest BCUT2D eigenvalue weighted by Gasteiger charge is -2.27. The quantitative estimate of drug-likeness (QED) is 0.0549. The van der Waals surface area contributed by atoms with Crippen molar-refractivity contribution in [1.29, 1.82) is 0 Å². The van der Waals surface area contributed by atoms with Crippen LogP contribution in [-0.4, -0.2) is 36.1 Å². The summed E-state index contributed by atoms with van der Waals surface area (Å²) in [6, 6.07) is 38.9. The summed E-state index contributed by atoms with van der Waals surface area (Å²) >= 11 is 0. The smallest absolute Gasteiger partial charge is 0.507 e. The Kier molecular flexibility index (Phi) is 17.5. The fraction of sp³-hybridized carbons (Fsp3) is 0.231. The van der Waals surface area contributed by atoms with Gasteiger partial charge in [0, 0.05) is 23.3 Å². The topological polar surface area (TPSA) is 135 Å². The molecule has 0 aliphatic rings. The maximum Gasteiger partial charge on any atom is 0.519 e. The Morgan fingerprint density at radius 3 is 1.24 bits per heavy atom. The number of phenolic OH excluding ortho intramolecular Hbond substituents is 1. The fourth-order valence-corrected chi connectivity index (χ4v) is 6.36. The van der Waals surface area contributed by atoms with Crippen LogP contribution >= 0.6 is 0 Å². The van der Waals surface area contributed by atoms with Gasteiger partial charge in [0.25, 0.3) is 0 Å². The van der Waals surface area contributed by atoms with Crippen molar-refractivity contribution in [3.05, 3.63) is 178 Å². The van der Waals surface area contributed by atoms with E-state index in [4.69, 9.17) is 23.7 Å². The SMILES string of the molecule is C.C.C.C.COc1ccc(C(=O)Oc2ccc(C(C)(C)c3ccc(O)c(C(=O)c4ccc(OC(=O)Oc5ccc(C(C)(C)c6ccc(OC(C)=O)cc6)cc5)cc4)c3)cc2)cc1. The normalized spacial score (nSPS) is 10.5. The Hall–Kier alpha value is -7.20. The third-order valence-electron chi connectivity index (χ3n) is 10.0. The number of hydrogen-bond acceptors (Lipinski definition) is 10. The van der Waals surface area contributed by atoms with E-state index in [0.717, 1.165) is 22.3 Å². The number of ether oxygens (including phenoxy) is 5. The molecule has 0 aromatic heterocycles. The van der Waals surface area contributed by atoms with Crippen molar-refractivity contribution in [2.24, 2.45) is 0 Å². The molecular formula is C52H58O10. The molecule has 0 saturated heterocycles. The molecular weight excluding hydrogens is 785 g/mol. The van der Waals surface area contributed by atoms with E-state index in [1.54, 1.807) is 79.9 Å². The van der Waals surface area contributed by atoms with E-state index in [0.29, 0.717) is 22.8 Å². The van der Waals surface area contributed by atoms with Crippen LogP contribution < -0.4 is 23.7 Å². The Labute approximate surface area is 366 Å². The van der Waals surface area contributed by atoms with Gasteiger partial charge in [-0.05, 0) is 119 Å². The molecule has 62 heavy (non-hydrogen) atoms. The largest absolute Gasteiger partial charge is 0.519 e. The number of phenols is 1. The van der Waals surface area contributed by atoms with E-state index < -0.39 is 28.7 Å². The molecule has 0 saturated carbocycles. The summed E-state index contributed by atoms with van der Waals surface area (Å²) in [5, 5.41) is 10.7. The van der Waals surface area contributed by atoms with E-state index in [9.17, 15) is 24.3 Å². The molecule has 6 rings (SSSR count). The number of hydrogen-bond donors (Lipinski definition) is 1. The van der Waals surface area contributed by atoms with Crippen LogP contribution in [-0.2, 0) is 15.6 Å². The van der Waals surface area contributed by atoms with Gasteiger partial charge < -0.3 is 28.8 Å². The third kappa shape index (κ3) is 11.8. The zero-order valence-corrected chi connectivity index (χ0v) is 32.9. The number of carbonyl (C=O) groups excluding carboxylic acids is 4. The van der Waals surface area contributed by atoms with Crippen molar-refractivity contribution in [2.75, 3.05) is 7.11 Å². The third-order valence-corrected chi connectivity index (χ3v) is 10.0. The van der Waals surface area contributed by atoms with Gasteiger partial charge in [-0.1, -0.05) is 99.9 Å². The van der Waals surface area contributed by atoms with Crippen molar-refractivity contribution in [3.63, 3.8) is 0 Å². The molecule has 6 aromatic carbocycles. The Morgan fingerprint density at radius 2 is 0.806 bits per heavy atom. The number of methoxy groups -OCH3 is 1. The summed E-state index contributed by atoms with van der Waals surface area (Å²) in [6.07, 6.45) is -0.955. The lowest BCUT2D eigenvalue weighted by atomic mass is 9.77. The molecule has 0 aliphatic heterocycles. The molecule has 0 spiro atoms. The molecule has 0 bridgehead atoms. The van der Waals surface area contributed by atoms with E-state index in [-0.39, 0.29) is 64.1 Å². The molecule has 0 aliphatic carbocycles.